The maximum Gasteiger partial charge on any atom is 0.231 e. The van der Waals surface area contributed by atoms with Crippen LogP contribution >= 0.6 is 0 Å². The SMILES string of the molecule is C1CCC1.N=C=O. The third-order valence-corrected chi connectivity index (χ3v) is 1.000. The number of hydrogen-bond acceptors (Lipinski definition) is 2. The zero-order chi connectivity index (χ0) is 5.54. The summed E-state index contributed by atoms with van der Waals surface area (Å²) in [6.45, 7) is 0. The van der Waals surface area contributed by atoms with E-state index in [0.717, 1.165) is 6.08 Å². The molecule has 2 nitrogen and oxygen atoms in total. The summed E-state index contributed by atoms with van der Waals surface area (Å²) in [6.07, 6.45) is 6.75. The van der Waals surface area contributed by atoms with Gasteiger partial charge in [0.05, 0.1) is 0 Å². The lowest BCUT2D eigenvalue weighted by atomic mass is 10.0. The summed E-state index contributed by atoms with van der Waals surface area (Å²) in [4.78, 5) is 8.35. The summed E-state index contributed by atoms with van der Waals surface area (Å²) in [6, 6.07) is 0. The first-order valence-corrected chi connectivity index (χ1v) is 2.45. The van der Waals surface area contributed by atoms with Crippen LogP contribution in [0.4, 0.5) is 0 Å². The number of rotatable bonds is 0. The lowest BCUT2D eigenvalue weighted by molar-refractivity contribution is 0.504. The fourth-order valence-electron chi connectivity index (χ4n) is 0.250. The van der Waals surface area contributed by atoms with Crippen LogP contribution < -0.4 is 0 Å². The van der Waals surface area contributed by atoms with E-state index in [4.69, 9.17) is 10.2 Å². The molecule has 0 saturated heterocycles. The molecular weight excluding hydrogens is 90.1 g/mol. The van der Waals surface area contributed by atoms with E-state index < -0.39 is 0 Å². The van der Waals surface area contributed by atoms with Crippen molar-refractivity contribution in [2.45, 2.75) is 25.7 Å². The van der Waals surface area contributed by atoms with Gasteiger partial charge >= 0.3 is 0 Å². The molecule has 2 heteroatoms. The molecule has 0 amide bonds. The van der Waals surface area contributed by atoms with Gasteiger partial charge in [0.25, 0.3) is 0 Å². The smallest absolute Gasteiger partial charge is 0.222 e. The van der Waals surface area contributed by atoms with Crippen LogP contribution in [0.2, 0.25) is 0 Å². The van der Waals surface area contributed by atoms with Crippen molar-refractivity contribution < 1.29 is 4.79 Å². The van der Waals surface area contributed by atoms with Crippen LogP contribution in [0.3, 0.4) is 0 Å². The minimum atomic E-state index is 0.750. The zero-order valence-electron chi connectivity index (χ0n) is 4.24. The summed E-state index contributed by atoms with van der Waals surface area (Å²) in [5, 5.41) is 5.40. The molecule has 1 saturated carbocycles. The van der Waals surface area contributed by atoms with Gasteiger partial charge in [-0.2, -0.15) is 0 Å². The Balaban J connectivity index is 0.000000110. The Labute approximate surface area is 43.0 Å². The molecule has 1 fully saturated rings. The van der Waals surface area contributed by atoms with Crippen molar-refractivity contribution in [3.63, 3.8) is 0 Å². The molecule has 1 aliphatic rings. The summed E-state index contributed by atoms with van der Waals surface area (Å²) in [5.41, 5.74) is 0. The van der Waals surface area contributed by atoms with Crippen molar-refractivity contribution in [2.24, 2.45) is 0 Å². The maximum atomic E-state index is 8.35. The van der Waals surface area contributed by atoms with Gasteiger partial charge < -0.3 is 0 Å². The van der Waals surface area contributed by atoms with Gasteiger partial charge in [0.15, 0.2) is 0 Å². The molecule has 1 rings (SSSR count). The van der Waals surface area contributed by atoms with E-state index in [0.29, 0.717) is 0 Å². The Hall–Kier alpha value is -0.620. The van der Waals surface area contributed by atoms with Crippen molar-refractivity contribution in [1.82, 2.24) is 0 Å². The van der Waals surface area contributed by atoms with Gasteiger partial charge in [-0.05, 0) is 0 Å². The van der Waals surface area contributed by atoms with E-state index in [1.54, 1.807) is 0 Å². The quantitative estimate of drug-likeness (QED) is 0.362. The number of nitrogens with one attached hydrogen (secondary N) is 1. The average molecular weight is 99.1 g/mol. The first-order chi connectivity index (χ1) is 3.41. The normalized spacial score (nSPS) is 14.9. The Kier molecular flexibility index (Phi) is 4.90. The first-order valence-electron chi connectivity index (χ1n) is 2.45. The maximum absolute atomic E-state index is 8.35. The highest BCUT2D eigenvalue weighted by atomic mass is 16.1. The van der Waals surface area contributed by atoms with Gasteiger partial charge in [-0.3, -0.25) is 0 Å². The molecule has 0 aromatic carbocycles. The molecule has 0 heterocycles. The van der Waals surface area contributed by atoms with E-state index in [9.17, 15) is 0 Å². The third kappa shape index (κ3) is 5.38. The van der Waals surface area contributed by atoms with Crippen molar-refractivity contribution in [3.05, 3.63) is 0 Å². The van der Waals surface area contributed by atoms with Gasteiger partial charge in [0, 0.05) is 0 Å². The highest BCUT2D eigenvalue weighted by molar-refractivity contribution is 5.26. The Morgan fingerprint density at radius 1 is 1.14 bits per heavy atom. The van der Waals surface area contributed by atoms with Crippen molar-refractivity contribution in [2.75, 3.05) is 0 Å². The second-order valence-corrected chi connectivity index (χ2v) is 1.52. The van der Waals surface area contributed by atoms with Crippen LogP contribution in [0, 0.1) is 5.41 Å². The molecule has 1 N–H and O–H groups in total. The second-order valence-electron chi connectivity index (χ2n) is 1.52. The Bertz CT molecular complexity index is 56.5. The van der Waals surface area contributed by atoms with Crippen LogP contribution in [0.25, 0.3) is 0 Å². The average Bonchev–Trinajstić information content (AvgIpc) is 1.27. The predicted molar refractivity (Wildman–Crippen MR) is 26.9 cm³/mol. The number of hydrogen-bond donors (Lipinski definition) is 1. The fourth-order valence-corrected chi connectivity index (χ4v) is 0.250. The molecule has 7 heavy (non-hydrogen) atoms. The lowest BCUT2D eigenvalue weighted by Crippen LogP contribution is -1.85. The van der Waals surface area contributed by atoms with Gasteiger partial charge in [0.1, 0.15) is 0 Å². The van der Waals surface area contributed by atoms with Crippen LogP contribution in [0.5, 0.6) is 0 Å². The Morgan fingerprint density at radius 2 is 1.29 bits per heavy atom. The number of carbonyl (C=O) groups excluding carboxylic acids is 1. The lowest BCUT2D eigenvalue weighted by Gasteiger charge is -2.05. The number of isocyanates is 1. The molecule has 0 radical (unpaired) electrons. The zero-order valence-corrected chi connectivity index (χ0v) is 4.24. The Morgan fingerprint density at radius 3 is 1.29 bits per heavy atom. The van der Waals surface area contributed by atoms with Gasteiger partial charge in [-0.15, -0.1) is 0 Å². The van der Waals surface area contributed by atoms with E-state index >= 15 is 0 Å². The molecular formula is C5H9NO. The highest BCUT2D eigenvalue weighted by Gasteiger charge is 1.95. The standard InChI is InChI=1S/C4H8.CHNO/c1-2-4-3-1;2-1-3/h1-4H2;2H. The fraction of sp³-hybridized carbons (Fsp3) is 0.800. The molecule has 0 aliphatic heterocycles. The van der Waals surface area contributed by atoms with Crippen LogP contribution in [-0.4, -0.2) is 6.08 Å². The van der Waals surface area contributed by atoms with Crippen molar-refractivity contribution >= 4 is 6.08 Å². The molecule has 40 valence electrons. The molecule has 0 bridgehead atoms. The van der Waals surface area contributed by atoms with Gasteiger partial charge in [0.2, 0.25) is 6.08 Å². The van der Waals surface area contributed by atoms with Crippen LogP contribution in [0.15, 0.2) is 0 Å². The summed E-state index contributed by atoms with van der Waals surface area (Å²) < 4.78 is 0. The minimum Gasteiger partial charge on any atom is -0.222 e. The van der Waals surface area contributed by atoms with Crippen molar-refractivity contribution in [3.8, 4) is 0 Å². The van der Waals surface area contributed by atoms with Gasteiger partial charge in [-0.1, -0.05) is 25.7 Å². The second kappa shape index (κ2) is 5.38. The van der Waals surface area contributed by atoms with Crippen LogP contribution in [0.1, 0.15) is 25.7 Å². The summed E-state index contributed by atoms with van der Waals surface area (Å²) in [7, 11) is 0. The monoisotopic (exact) mass is 99.1 g/mol. The first kappa shape index (κ1) is 6.38. The topological polar surface area (TPSA) is 40.9 Å². The van der Waals surface area contributed by atoms with E-state index in [1.807, 2.05) is 0 Å². The van der Waals surface area contributed by atoms with E-state index in [2.05, 4.69) is 0 Å². The van der Waals surface area contributed by atoms with Crippen molar-refractivity contribution in [1.29, 1.82) is 5.41 Å². The minimum absolute atomic E-state index is 0.750. The molecule has 0 aromatic rings. The largest absolute Gasteiger partial charge is 0.231 e. The summed E-state index contributed by atoms with van der Waals surface area (Å²) in [5.74, 6) is 0. The molecule has 1 aliphatic carbocycles. The van der Waals surface area contributed by atoms with Crippen LogP contribution in [-0.2, 0) is 4.79 Å². The molecule has 0 atom stereocenters. The molecule has 0 spiro atoms. The molecule has 0 aromatic heterocycles. The highest BCUT2D eigenvalue weighted by Crippen LogP contribution is 2.15. The van der Waals surface area contributed by atoms with E-state index in [1.165, 1.54) is 25.7 Å². The third-order valence-electron chi connectivity index (χ3n) is 1.000. The van der Waals surface area contributed by atoms with Gasteiger partial charge in [-0.25, -0.2) is 10.2 Å². The predicted octanol–water partition coefficient (Wildman–Crippen LogP) is 1.46. The summed E-state index contributed by atoms with van der Waals surface area (Å²) >= 11 is 0. The van der Waals surface area contributed by atoms with E-state index in [-0.39, 0.29) is 0 Å². The molecule has 0 unspecified atom stereocenters.